The van der Waals surface area contributed by atoms with E-state index in [0.29, 0.717) is 17.9 Å². The second kappa shape index (κ2) is 11.6. The third kappa shape index (κ3) is 5.86. The highest BCUT2D eigenvalue weighted by Crippen LogP contribution is 2.30. The molecule has 0 aliphatic heterocycles. The van der Waals surface area contributed by atoms with E-state index in [1.165, 1.54) is 0 Å². The van der Waals surface area contributed by atoms with Crippen molar-refractivity contribution >= 4 is 12.0 Å². The van der Waals surface area contributed by atoms with Gasteiger partial charge in [0.05, 0.1) is 12.3 Å². The summed E-state index contributed by atoms with van der Waals surface area (Å²) in [5, 5.41) is 17.4. The molecular weight excluding hydrogens is 450 g/mol. The highest BCUT2D eigenvalue weighted by atomic mass is 16.5. The second-order valence-corrected chi connectivity index (χ2v) is 8.26. The number of aromatic nitrogens is 3. The van der Waals surface area contributed by atoms with Gasteiger partial charge in [-0.3, -0.25) is 9.78 Å². The van der Waals surface area contributed by atoms with E-state index in [4.69, 9.17) is 9.84 Å². The number of nitrogens with one attached hydrogen (secondary N) is 1. The first kappa shape index (κ1) is 24.4. The summed E-state index contributed by atoms with van der Waals surface area (Å²) in [4.78, 5) is 16.9. The molecule has 7 heteroatoms. The summed E-state index contributed by atoms with van der Waals surface area (Å²) in [5.74, 6) is 0.368. The zero-order valence-corrected chi connectivity index (χ0v) is 20.3. The summed E-state index contributed by atoms with van der Waals surface area (Å²) in [6, 6.07) is 21.3. The Hall–Kier alpha value is -4.70. The number of nitrogens with zero attached hydrogens (tertiary/aromatic N) is 4. The van der Waals surface area contributed by atoms with Crippen LogP contribution in [0.25, 0.3) is 23.0 Å². The normalized spacial score (nSPS) is 11.1. The Morgan fingerprint density at radius 2 is 2.00 bits per heavy atom. The van der Waals surface area contributed by atoms with Gasteiger partial charge < -0.3 is 10.1 Å². The Bertz CT molecular complexity index is 1400. The third-order valence-corrected chi connectivity index (χ3v) is 5.51. The van der Waals surface area contributed by atoms with Crippen molar-refractivity contribution in [3.63, 3.8) is 0 Å². The van der Waals surface area contributed by atoms with Crippen molar-refractivity contribution in [1.29, 1.82) is 5.26 Å². The van der Waals surface area contributed by atoms with E-state index in [1.54, 1.807) is 29.2 Å². The highest BCUT2D eigenvalue weighted by molar-refractivity contribution is 6.02. The van der Waals surface area contributed by atoms with Gasteiger partial charge in [0.1, 0.15) is 23.1 Å². The molecule has 4 aromatic rings. The van der Waals surface area contributed by atoms with Gasteiger partial charge >= 0.3 is 0 Å². The van der Waals surface area contributed by atoms with Crippen LogP contribution in [0.4, 0.5) is 0 Å². The van der Waals surface area contributed by atoms with Crippen LogP contribution in [0.2, 0.25) is 0 Å². The summed E-state index contributed by atoms with van der Waals surface area (Å²) in [6.07, 6.45) is 7.68. The molecule has 0 bridgehead atoms. The molecule has 2 aromatic heterocycles. The molecule has 0 unspecified atom stereocenters. The molecule has 4 rings (SSSR count). The van der Waals surface area contributed by atoms with Gasteiger partial charge in [0.25, 0.3) is 5.91 Å². The molecule has 0 aliphatic carbocycles. The van der Waals surface area contributed by atoms with E-state index < -0.39 is 5.91 Å². The first-order chi connectivity index (χ1) is 17.6. The van der Waals surface area contributed by atoms with E-state index in [0.717, 1.165) is 34.5 Å². The fraction of sp³-hybridized carbons (Fsp3) is 0.172. The van der Waals surface area contributed by atoms with E-state index >= 15 is 0 Å². The number of carbonyl (C=O) groups is 1. The van der Waals surface area contributed by atoms with Crippen molar-refractivity contribution in [1.82, 2.24) is 20.1 Å². The van der Waals surface area contributed by atoms with Crippen LogP contribution < -0.4 is 10.1 Å². The third-order valence-electron chi connectivity index (χ3n) is 5.51. The number of amides is 1. The zero-order chi connectivity index (χ0) is 25.3. The van der Waals surface area contributed by atoms with Gasteiger partial charge in [-0.15, -0.1) is 0 Å². The van der Waals surface area contributed by atoms with Crippen molar-refractivity contribution in [3.05, 3.63) is 102 Å². The first-order valence-electron chi connectivity index (χ1n) is 11.8. The smallest absolute Gasteiger partial charge is 0.262 e. The second-order valence-electron chi connectivity index (χ2n) is 8.26. The van der Waals surface area contributed by atoms with Crippen LogP contribution in [0.1, 0.15) is 30.0 Å². The minimum Gasteiger partial charge on any atom is -0.493 e. The van der Waals surface area contributed by atoms with E-state index in [-0.39, 0.29) is 12.1 Å². The Labute approximate surface area is 210 Å². The van der Waals surface area contributed by atoms with Gasteiger partial charge in [-0.2, -0.15) is 10.4 Å². The maximum atomic E-state index is 12.8. The fourth-order valence-corrected chi connectivity index (χ4v) is 3.69. The first-order valence-corrected chi connectivity index (χ1v) is 11.8. The standard InChI is InChI=1S/C29H27N5O2/c1-3-14-36-27-12-11-23(15-21(27)2)28-25(20-34(33-28)26-9-5-4-6-10-26)16-24(17-30)29(35)32-19-22-8-7-13-31-18-22/h4-13,15-16,18,20H,3,14,19H2,1-2H3,(H,32,35)/b24-16+. The minimum atomic E-state index is -0.459. The topological polar surface area (TPSA) is 92.8 Å². The SMILES string of the molecule is CCCOc1ccc(-c2nn(-c3ccccc3)cc2/C=C(\C#N)C(=O)NCc2cccnc2)cc1C. The van der Waals surface area contributed by atoms with Crippen LogP contribution in [-0.2, 0) is 11.3 Å². The molecule has 0 fully saturated rings. The molecule has 36 heavy (non-hydrogen) atoms. The number of aryl methyl sites for hydroxylation is 1. The fourth-order valence-electron chi connectivity index (χ4n) is 3.69. The number of benzene rings is 2. The lowest BCUT2D eigenvalue weighted by molar-refractivity contribution is -0.117. The van der Waals surface area contributed by atoms with Crippen molar-refractivity contribution in [3.8, 4) is 28.8 Å². The lowest BCUT2D eigenvalue weighted by Crippen LogP contribution is -2.24. The number of para-hydroxylation sites is 1. The number of ether oxygens (including phenoxy) is 1. The van der Waals surface area contributed by atoms with Gasteiger partial charge in [0.15, 0.2) is 0 Å². The molecule has 0 radical (unpaired) electrons. The quantitative estimate of drug-likeness (QED) is 0.262. The summed E-state index contributed by atoms with van der Waals surface area (Å²) in [5.41, 5.74) is 4.89. The van der Waals surface area contributed by atoms with Gasteiger partial charge in [0, 0.05) is 36.3 Å². The molecule has 0 saturated heterocycles. The van der Waals surface area contributed by atoms with Crippen LogP contribution in [0.15, 0.2) is 84.8 Å². The number of hydrogen-bond donors (Lipinski definition) is 1. The minimum absolute atomic E-state index is 0.00706. The molecule has 180 valence electrons. The average Bonchev–Trinajstić information content (AvgIpc) is 3.34. The van der Waals surface area contributed by atoms with Crippen LogP contribution in [-0.4, -0.2) is 27.3 Å². The van der Waals surface area contributed by atoms with Crippen molar-refractivity contribution in [2.24, 2.45) is 0 Å². The maximum Gasteiger partial charge on any atom is 0.262 e. The van der Waals surface area contributed by atoms with Gasteiger partial charge in [-0.25, -0.2) is 4.68 Å². The molecule has 7 nitrogen and oxygen atoms in total. The molecular formula is C29H27N5O2. The summed E-state index contributed by atoms with van der Waals surface area (Å²) in [7, 11) is 0. The van der Waals surface area contributed by atoms with E-state index in [9.17, 15) is 10.1 Å². The van der Waals surface area contributed by atoms with Crippen LogP contribution in [0.5, 0.6) is 5.75 Å². The summed E-state index contributed by atoms with van der Waals surface area (Å²) in [6.45, 7) is 4.99. The van der Waals surface area contributed by atoms with Gasteiger partial charge in [-0.1, -0.05) is 31.2 Å². The Morgan fingerprint density at radius 1 is 1.17 bits per heavy atom. The highest BCUT2D eigenvalue weighted by Gasteiger charge is 2.16. The zero-order valence-electron chi connectivity index (χ0n) is 20.3. The Kier molecular flexibility index (Phi) is 7.89. The molecule has 2 aromatic carbocycles. The molecule has 1 N–H and O–H groups in total. The van der Waals surface area contributed by atoms with E-state index in [2.05, 4.69) is 17.2 Å². The summed E-state index contributed by atoms with van der Waals surface area (Å²) < 4.78 is 7.57. The van der Waals surface area contributed by atoms with Crippen LogP contribution >= 0.6 is 0 Å². The van der Waals surface area contributed by atoms with Crippen LogP contribution in [0.3, 0.4) is 0 Å². The molecule has 2 heterocycles. The van der Waals surface area contributed by atoms with Crippen LogP contribution in [0, 0.1) is 18.3 Å². The molecule has 0 aliphatic rings. The lowest BCUT2D eigenvalue weighted by atomic mass is 10.0. The number of nitriles is 1. The van der Waals surface area contributed by atoms with E-state index in [1.807, 2.05) is 73.8 Å². The number of rotatable bonds is 9. The average molecular weight is 478 g/mol. The Morgan fingerprint density at radius 3 is 2.69 bits per heavy atom. The predicted molar refractivity (Wildman–Crippen MR) is 139 cm³/mol. The van der Waals surface area contributed by atoms with Crippen molar-refractivity contribution in [2.75, 3.05) is 6.61 Å². The van der Waals surface area contributed by atoms with Crippen molar-refractivity contribution < 1.29 is 9.53 Å². The monoisotopic (exact) mass is 477 g/mol. The molecule has 1 amide bonds. The summed E-state index contributed by atoms with van der Waals surface area (Å²) >= 11 is 0. The molecule has 0 atom stereocenters. The largest absolute Gasteiger partial charge is 0.493 e. The lowest BCUT2D eigenvalue weighted by Gasteiger charge is -2.09. The van der Waals surface area contributed by atoms with Gasteiger partial charge in [0.2, 0.25) is 0 Å². The molecule has 0 spiro atoms. The Balaban J connectivity index is 1.69. The number of hydrogen-bond acceptors (Lipinski definition) is 5. The molecule has 0 saturated carbocycles. The van der Waals surface area contributed by atoms with Crippen molar-refractivity contribution in [2.45, 2.75) is 26.8 Å². The maximum absolute atomic E-state index is 12.8. The number of carbonyl (C=O) groups excluding carboxylic acids is 1. The van der Waals surface area contributed by atoms with Gasteiger partial charge in [-0.05, 0) is 66.9 Å². The predicted octanol–water partition coefficient (Wildman–Crippen LogP) is 5.25. The number of pyridine rings is 1.